The molecule has 0 aromatic heterocycles. The molecule has 98 valence electrons. The highest BCUT2D eigenvalue weighted by molar-refractivity contribution is 5.78. The van der Waals surface area contributed by atoms with E-state index in [1.165, 1.54) is 6.42 Å². The molecule has 0 atom stereocenters. The third kappa shape index (κ3) is 6.14. The fraction of sp³-hybridized carbons (Fsp3) is 0.833. The van der Waals surface area contributed by atoms with Gasteiger partial charge in [0.15, 0.2) is 0 Å². The van der Waals surface area contributed by atoms with Gasteiger partial charge in [0.25, 0.3) is 0 Å². The minimum Gasteiger partial charge on any atom is -0.356 e. The Morgan fingerprint density at radius 2 is 1.94 bits per heavy atom. The molecular weight excluding hydrogens is 218 g/mol. The number of carbonyl (C=O) groups excluding carboxylic acids is 2. The van der Waals surface area contributed by atoms with Gasteiger partial charge < -0.3 is 16.0 Å². The van der Waals surface area contributed by atoms with Crippen LogP contribution in [0.4, 0.5) is 4.79 Å². The van der Waals surface area contributed by atoms with Crippen LogP contribution >= 0.6 is 0 Å². The number of hydrogen-bond acceptors (Lipinski definition) is 2. The van der Waals surface area contributed by atoms with Crippen molar-refractivity contribution in [1.82, 2.24) is 16.0 Å². The van der Waals surface area contributed by atoms with Crippen LogP contribution < -0.4 is 16.0 Å². The Labute approximate surface area is 103 Å². The lowest BCUT2D eigenvalue weighted by molar-refractivity contribution is -0.121. The van der Waals surface area contributed by atoms with Crippen molar-refractivity contribution in [2.24, 2.45) is 5.92 Å². The van der Waals surface area contributed by atoms with Crippen LogP contribution in [-0.2, 0) is 4.79 Å². The Morgan fingerprint density at radius 3 is 2.47 bits per heavy atom. The molecule has 3 N–H and O–H groups in total. The molecule has 0 heterocycles. The van der Waals surface area contributed by atoms with E-state index >= 15 is 0 Å². The monoisotopic (exact) mass is 241 g/mol. The van der Waals surface area contributed by atoms with E-state index < -0.39 is 0 Å². The maximum absolute atomic E-state index is 11.3. The van der Waals surface area contributed by atoms with Gasteiger partial charge in [0.1, 0.15) is 0 Å². The lowest BCUT2D eigenvalue weighted by Gasteiger charge is -2.26. The quantitative estimate of drug-likeness (QED) is 0.649. The van der Waals surface area contributed by atoms with Crippen molar-refractivity contribution in [3.63, 3.8) is 0 Å². The first-order valence-electron chi connectivity index (χ1n) is 6.39. The summed E-state index contributed by atoms with van der Waals surface area (Å²) in [6, 6.07) is 0.177. The van der Waals surface area contributed by atoms with E-state index in [0.29, 0.717) is 31.5 Å². The highest BCUT2D eigenvalue weighted by atomic mass is 16.2. The first-order chi connectivity index (χ1) is 8.08. The molecule has 0 saturated heterocycles. The van der Waals surface area contributed by atoms with Crippen LogP contribution in [0.2, 0.25) is 0 Å². The molecule has 1 fully saturated rings. The summed E-state index contributed by atoms with van der Waals surface area (Å²) in [5, 5.41) is 8.36. The number of amides is 3. The second-order valence-electron chi connectivity index (χ2n) is 4.98. The third-order valence-corrected chi connectivity index (χ3v) is 2.79. The third-order valence-electron chi connectivity index (χ3n) is 2.79. The lowest BCUT2D eigenvalue weighted by atomic mass is 9.93. The average Bonchev–Trinajstić information content (AvgIpc) is 2.20. The summed E-state index contributed by atoms with van der Waals surface area (Å²) in [6.07, 6.45) is 3.68. The molecule has 5 nitrogen and oxygen atoms in total. The summed E-state index contributed by atoms with van der Waals surface area (Å²) in [5.74, 6) is 0.441. The molecule has 0 aliphatic heterocycles. The second kappa shape index (κ2) is 7.14. The van der Waals surface area contributed by atoms with E-state index in [9.17, 15) is 9.59 Å². The summed E-state index contributed by atoms with van der Waals surface area (Å²) in [4.78, 5) is 22.7. The summed E-state index contributed by atoms with van der Waals surface area (Å²) >= 11 is 0. The molecule has 0 spiro atoms. The van der Waals surface area contributed by atoms with Gasteiger partial charge in [-0.2, -0.15) is 0 Å². The van der Waals surface area contributed by atoms with Gasteiger partial charge in [-0.3, -0.25) is 4.79 Å². The Hall–Kier alpha value is -1.26. The summed E-state index contributed by atoms with van der Waals surface area (Å²) in [7, 11) is 0. The largest absolute Gasteiger partial charge is 0.356 e. The van der Waals surface area contributed by atoms with E-state index in [2.05, 4.69) is 16.0 Å². The Balaban J connectivity index is 1.98. The van der Waals surface area contributed by atoms with Crippen molar-refractivity contribution in [1.29, 1.82) is 0 Å². The van der Waals surface area contributed by atoms with Crippen LogP contribution in [0.1, 0.15) is 39.5 Å². The molecule has 0 radical (unpaired) electrons. The van der Waals surface area contributed by atoms with Crippen LogP contribution in [0.25, 0.3) is 0 Å². The van der Waals surface area contributed by atoms with Crippen LogP contribution in [-0.4, -0.2) is 31.1 Å². The van der Waals surface area contributed by atoms with Crippen LogP contribution in [0.3, 0.4) is 0 Å². The molecule has 0 unspecified atom stereocenters. The molecule has 5 heteroatoms. The summed E-state index contributed by atoms with van der Waals surface area (Å²) in [5.41, 5.74) is 0. The number of hydrogen-bond donors (Lipinski definition) is 3. The minimum atomic E-state index is -0.161. The number of nitrogens with one attached hydrogen (secondary N) is 3. The van der Waals surface area contributed by atoms with Crippen molar-refractivity contribution in [3.05, 3.63) is 0 Å². The number of carbonyl (C=O) groups is 2. The molecular formula is C12H23N3O2. The van der Waals surface area contributed by atoms with E-state index in [1.807, 2.05) is 13.8 Å². The molecule has 0 aromatic rings. The van der Waals surface area contributed by atoms with E-state index in [1.54, 1.807) is 0 Å². The normalized spacial score (nSPS) is 15.2. The van der Waals surface area contributed by atoms with Gasteiger partial charge in [0.05, 0.1) is 0 Å². The number of rotatable bonds is 6. The Morgan fingerprint density at radius 1 is 1.24 bits per heavy atom. The zero-order chi connectivity index (χ0) is 12.7. The molecule has 3 amide bonds. The fourth-order valence-electron chi connectivity index (χ4n) is 1.48. The van der Waals surface area contributed by atoms with E-state index in [0.717, 1.165) is 12.8 Å². The predicted octanol–water partition coefficient (Wildman–Crippen LogP) is 1.00. The molecule has 0 aromatic carbocycles. The standard InChI is InChI=1S/C12H23N3O2/c1-9(2)8-14-11(16)6-7-13-12(17)15-10-4-3-5-10/h9-10H,3-8H2,1-2H3,(H,14,16)(H2,13,15,17). The molecule has 1 aliphatic carbocycles. The molecule has 1 saturated carbocycles. The van der Waals surface area contributed by atoms with Crippen LogP contribution in [0.15, 0.2) is 0 Å². The van der Waals surface area contributed by atoms with Gasteiger partial charge in [-0.05, 0) is 25.2 Å². The van der Waals surface area contributed by atoms with Crippen molar-refractivity contribution in [2.45, 2.75) is 45.6 Å². The van der Waals surface area contributed by atoms with Gasteiger partial charge in [-0.1, -0.05) is 13.8 Å². The maximum atomic E-state index is 11.3. The van der Waals surface area contributed by atoms with Crippen LogP contribution in [0.5, 0.6) is 0 Å². The molecule has 0 bridgehead atoms. The first-order valence-corrected chi connectivity index (χ1v) is 6.39. The lowest BCUT2D eigenvalue weighted by Crippen LogP contribution is -2.45. The first kappa shape index (κ1) is 13.8. The Bertz CT molecular complexity index is 262. The number of urea groups is 1. The minimum absolute atomic E-state index is 0.0114. The van der Waals surface area contributed by atoms with E-state index in [4.69, 9.17) is 0 Å². The zero-order valence-electron chi connectivity index (χ0n) is 10.7. The van der Waals surface area contributed by atoms with E-state index in [-0.39, 0.29) is 11.9 Å². The molecule has 1 aliphatic rings. The van der Waals surface area contributed by atoms with Gasteiger partial charge >= 0.3 is 6.03 Å². The molecule has 1 rings (SSSR count). The van der Waals surface area contributed by atoms with Gasteiger partial charge in [-0.25, -0.2) is 4.79 Å². The summed E-state index contributed by atoms with van der Waals surface area (Å²) in [6.45, 7) is 5.17. The smallest absolute Gasteiger partial charge is 0.315 e. The highest BCUT2D eigenvalue weighted by Crippen LogP contribution is 2.17. The van der Waals surface area contributed by atoms with Gasteiger partial charge in [0.2, 0.25) is 5.91 Å². The second-order valence-corrected chi connectivity index (χ2v) is 4.98. The van der Waals surface area contributed by atoms with Crippen LogP contribution in [0, 0.1) is 5.92 Å². The van der Waals surface area contributed by atoms with Gasteiger partial charge in [-0.15, -0.1) is 0 Å². The average molecular weight is 241 g/mol. The zero-order valence-corrected chi connectivity index (χ0v) is 10.7. The topological polar surface area (TPSA) is 70.2 Å². The maximum Gasteiger partial charge on any atom is 0.315 e. The predicted molar refractivity (Wildman–Crippen MR) is 66.6 cm³/mol. The summed E-state index contributed by atoms with van der Waals surface area (Å²) < 4.78 is 0. The molecule has 17 heavy (non-hydrogen) atoms. The van der Waals surface area contributed by atoms with Crippen molar-refractivity contribution in [2.75, 3.05) is 13.1 Å². The fourth-order valence-corrected chi connectivity index (χ4v) is 1.48. The van der Waals surface area contributed by atoms with Crippen molar-refractivity contribution < 1.29 is 9.59 Å². The Kier molecular flexibility index (Phi) is 5.80. The SMILES string of the molecule is CC(C)CNC(=O)CCNC(=O)NC1CCC1. The van der Waals surface area contributed by atoms with Gasteiger partial charge in [0, 0.05) is 25.6 Å². The van der Waals surface area contributed by atoms with Crippen molar-refractivity contribution in [3.8, 4) is 0 Å². The highest BCUT2D eigenvalue weighted by Gasteiger charge is 2.18. The van der Waals surface area contributed by atoms with Crippen molar-refractivity contribution >= 4 is 11.9 Å².